The third-order valence-electron chi connectivity index (χ3n) is 5.18. The molecule has 0 bridgehead atoms. The van der Waals surface area contributed by atoms with Gasteiger partial charge < -0.3 is 15.3 Å². The van der Waals surface area contributed by atoms with Crippen LogP contribution in [0.1, 0.15) is 60.8 Å². The second-order valence-electron chi connectivity index (χ2n) is 8.17. The summed E-state index contributed by atoms with van der Waals surface area (Å²) in [7, 11) is 0. The molecule has 0 aromatic heterocycles. The van der Waals surface area contributed by atoms with Gasteiger partial charge in [0.05, 0.1) is 34.8 Å². The molecule has 9 nitrogen and oxygen atoms in total. The highest BCUT2D eigenvalue weighted by Gasteiger charge is 2.28. The number of aliphatic hydroxyl groups excluding tert-OH is 3. The Hall–Kier alpha value is -3.36. The zero-order chi connectivity index (χ0) is 25.3. The van der Waals surface area contributed by atoms with Gasteiger partial charge in [0.15, 0.2) is 17.3 Å². The first-order valence-electron chi connectivity index (χ1n) is 10.6. The van der Waals surface area contributed by atoms with Crippen molar-refractivity contribution in [2.75, 3.05) is 0 Å². The summed E-state index contributed by atoms with van der Waals surface area (Å²) in [6.45, 7) is 8.22. The molecule has 0 aromatic rings. The molecule has 0 saturated heterocycles. The molecule has 1 fully saturated rings. The number of rotatable bonds is 9. The van der Waals surface area contributed by atoms with Crippen molar-refractivity contribution in [2.24, 2.45) is 15.0 Å². The Bertz CT molecular complexity index is 827. The molecule has 180 valence electrons. The number of allylic oxidation sites excluding steroid dienone is 6. The van der Waals surface area contributed by atoms with Gasteiger partial charge in [-0.3, -0.25) is 29.4 Å². The number of carbonyl (C=O) groups is 3. The predicted molar refractivity (Wildman–Crippen MR) is 129 cm³/mol. The summed E-state index contributed by atoms with van der Waals surface area (Å²) in [6, 6.07) is -0.884. The van der Waals surface area contributed by atoms with Crippen molar-refractivity contribution in [1.82, 2.24) is 0 Å². The van der Waals surface area contributed by atoms with Crippen LogP contribution in [0.15, 0.2) is 49.0 Å². The minimum Gasteiger partial charge on any atom is -0.512 e. The number of nitrogens with zero attached hydrogens (tertiary/aromatic N) is 3. The van der Waals surface area contributed by atoms with Gasteiger partial charge in [-0.2, -0.15) is 0 Å². The second-order valence-corrected chi connectivity index (χ2v) is 8.17. The Balaban J connectivity index is 3.26. The van der Waals surface area contributed by atoms with E-state index in [0.29, 0.717) is 19.3 Å². The zero-order valence-electron chi connectivity index (χ0n) is 20.0. The van der Waals surface area contributed by atoms with Crippen molar-refractivity contribution in [3.05, 3.63) is 34.0 Å². The van der Waals surface area contributed by atoms with E-state index in [9.17, 15) is 29.7 Å². The smallest absolute Gasteiger partial charge is 0.164 e. The summed E-state index contributed by atoms with van der Waals surface area (Å²) in [5, 5.41) is 29.1. The highest BCUT2D eigenvalue weighted by Crippen LogP contribution is 2.27. The zero-order valence-corrected chi connectivity index (χ0v) is 20.0. The van der Waals surface area contributed by atoms with Crippen LogP contribution in [0.5, 0.6) is 0 Å². The van der Waals surface area contributed by atoms with Crippen LogP contribution in [0.4, 0.5) is 0 Å². The van der Waals surface area contributed by atoms with E-state index in [1.165, 1.54) is 60.2 Å². The maximum absolute atomic E-state index is 11.7. The summed E-state index contributed by atoms with van der Waals surface area (Å²) >= 11 is 0. The van der Waals surface area contributed by atoms with Gasteiger partial charge in [0.2, 0.25) is 0 Å². The lowest BCUT2D eigenvalue weighted by Gasteiger charge is -2.29. The van der Waals surface area contributed by atoms with Crippen LogP contribution >= 0.6 is 0 Å². The van der Waals surface area contributed by atoms with Crippen LogP contribution < -0.4 is 0 Å². The molecule has 0 atom stereocenters. The first-order valence-corrected chi connectivity index (χ1v) is 10.6. The number of carbonyl (C=O) groups excluding carboxylic acids is 3. The van der Waals surface area contributed by atoms with E-state index in [0.717, 1.165) is 0 Å². The predicted octanol–water partition coefficient (Wildman–Crippen LogP) is 3.75. The molecule has 3 N–H and O–H groups in total. The van der Waals surface area contributed by atoms with Crippen molar-refractivity contribution >= 4 is 36.0 Å². The number of ketones is 3. The van der Waals surface area contributed by atoms with Gasteiger partial charge >= 0.3 is 0 Å². The largest absolute Gasteiger partial charge is 0.512 e. The summed E-state index contributed by atoms with van der Waals surface area (Å²) in [6.07, 6.45) is 5.52. The van der Waals surface area contributed by atoms with Crippen LogP contribution in [0.25, 0.3) is 0 Å². The average Bonchev–Trinajstić information content (AvgIpc) is 2.66. The average molecular weight is 460 g/mol. The minimum atomic E-state index is -0.317. The minimum absolute atomic E-state index is 0.107. The maximum atomic E-state index is 11.7. The fourth-order valence-electron chi connectivity index (χ4n) is 3.45. The van der Waals surface area contributed by atoms with E-state index in [2.05, 4.69) is 15.0 Å². The van der Waals surface area contributed by atoms with Crippen LogP contribution in [0, 0.1) is 0 Å². The molecule has 9 heteroatoms. The fourth-order valence-corrected chi connectivity index (χ4v) is 3.45. The van der Waals surface area contributed by atoms with Crippen molar-refractivity contribution in [3.63, 3.8) is 0 Å². The fraction of sp³-hybridized carbons (Fsp3) is 0.500. The van der Waals surface area contributed by atoms with Gasteiger partial charge in [-0.15, -0.1) is 0 Å². The first-order chi connectivity index (χ1) is 15.3. The number of aliphatic imine (C=N–C) groups is 3. The van der Waals surface area contributed by atoms with Gasteiger partial charge in [-0.05, 0) is 60.8 Å². The summed E-state index contributed by atoms with van der Waals surface area (Å²) < 4.78 is 0. The first kappa shape index (κ1) is 27.7. The molecule has 0 radical (unpaired) electrons. The Morgan fingerprint density at radius 2 is 0.758 bits per heavy atom. The molecule has 1 aliphatic rings. The third-order valence-corrected chi connectivity index (χ3v) is 5.18. The second kappa shape index (κ2) is 12.6. The molecular formula is C24H33N3O6. The van der Waals surface area contributed by atoms with E-state index < -0.39 is 0 Å². The van der Waals surface area contributed by atoms with E-state index >= 15 is 0 Å². The highest BCUT2D eigenvalue weighted by molar-refractivity contribution is 6.13. The molecule has 0 heterocycles. The van der Waals surface area contributed by atoms with Crippen LogP contribution in [-0.2, 0) is 14.4 Å². The highest BCUT2D eigenvalue weighted by atomic mass is 16.3. The van der Waals surface area contributed by atoms with Gasteiger partial charge in [0, 0.05) is 18.6 Å². The summed E-state index contributed by atoms with van der Waals surface area (Å²) in [4.78, 5) is 48.5. The van der Waals surface area contributed by atoms with E-state index in [4.69, 9.17) is 0 Å². The maximum Gasteiger partial charge on any atom is 0.164 e. The Morgan fingerprint density at radius 3 is 0.909 bits per heavy atom. The van der Waals surface area contributed by atoms with Crippen molar-refractivity contribution in [1.29, 1.82) is 0 Å². The lowest BCUT2D eigenvalue weighted by molar-refractivity contribution is -0.114. The molecule has 0 unspecified atom stereocenters. The van der Waals surface area contributed by atoms with Gasteiger partial charge in [0.25, 0.3) is 0 Å². The number of hydrogen-bond donors (Lipinski definition) is 3. The Morgan fingerprint density at radius 1 is 0.545 bits per heavy atom. The monoisotopic (exact) mass is 459 g/mol. The molecule has 0 amide bonds. The lowest BCUT2D eigenvalue weighted by Crippen LogP contribution is -2.31. The normalized spacial score (nSPS) is 24.0. The van der Waals surface area contributed by atoms with Crippen LogP contribution in [0.2, 0.25) is 0 Å². The molecule has 0 spiro atoms. The summed E-state index contributed by atoms with van der Waals surface area (Å²) in [5.74, 6) is -1.34. The summed E-state index contributed by atoms with van der Waals surface area (Å²) in [5.41, 5.74) is 0.322. The van der Waals surface area contributed by atoms with E-state index in [1.54, 1.807) is 0 Å². The van der Waals surface area contributed by atoms with Gasteiger partial charge in [-0.25, -0.2) is 0 Å². The van der Waals surface area contributed by atoms with Crippen LogP contribution in [0.3, 0.4) is 0 Å². The quantitative estimate of drug-likeness (QED) is 0.271. The number of Topliss-reactive ketones (excluding diaryl/α,β-unsaturated/α-hetero) is 3. The molecular weight excluding hydrogens is 426 g/mol. The lowest BCUT2D eigenvalue weighted by atomic mass is 9.87. The molecule has 1 aliphatic carbocycles. The van der Waals surface area contributed by atoms with Gasteiger partial charge in [-0.1, -0.05) is 0 Å². The van der Waals surface area contributed by atoms with Crippen molar-refractivity contribution in [3.8, 4) is 0 Å². The number of aliphatic hydroxyl groups is 3. The SMILES string of the molecule is CC(=O)C(C=NC1CC(N=CC(C(C)=O)=C(C)O)CC(N=CC(C(C)=O)=C(C)O)C1)=C(C)O. The Labute approximate surface area is 194 Å². The standard InChI is InChI=1S/C24H33N3O6/c1-13(28)22(14(2)29)10-25-19-7-20(26-11-23(15(3)30)16(4)31)9-21(8-19)27-12-24(17(5)32)18(6)33/h10-12,19-21,28,30,32H,7-9H2,1-6H3. The van der Waals surface area contributed by atoms with E-state index in [-0.39, 0.29) is 69.5 Å². The molecule has 0 aliphatic heterocycles. The molecule has 1 rings (SSSR count). The topological polar surface area (TPSA) is 149 Å². The molecule has 0 aromatic carbocycles. The van der Waals surface area contributed by atoms with Crippen molar-refractivity contribution in [2.45, 2.75) is 78.9 Å². The Kier molecular flexibility index (Phi) is 10.6. The third kappa shape index (κ3) is 8.96. The van der Waals surface area contributed by atoms with Crippen molar-refractivity contribution < 1.29 is 29.7 Å². The number of hydrogen-bond acceptors (Lipinski definition) is 9. The molecule has 33 heavy (non-hydrogen) atoms. The van der Waals surface area contributed by atoms with Crippen LogP contribution in [-0.4, -0.2) is 69.4 Å². The molecule has 1 saturated carbocycles. The van der Waals surface area contributed by atoms with Gasteiger partial charge in [0.1, 0.15) is 17.3 Å². The van der Waals surface area contributed by atoms with E-state index in [1.807, 2.05) is 0 Å².